The van der Waals surface area contributed by atoms with Gasteiger partial charge in [0.2, 0.25) is 0 Å². The largest absolute Gasteiger partial charge is 0.313 e. The number of thiophene rings is 3. The van der Waals surface area contributed by atoms with E-state index in [1.165, 1.54) is 257 Å². The van der Waals surface area contributed by atoms with Gasteiger partial charge in [-0.25, -0.2) is 0 Å². The number of nitrogens with zero attached hydrogens (tertiary/aromatic N) is 6. The molecule has 0 aliphatic carbocycles. The average Bonchev–Trinajstić information content (AvgIpc) is 1.55. The Morgan fingerprint density at radius 2 is 0.480 bits per heavy atom. The summed E-state index contributed by atoms with van der Waals surface area (Å²) in [7, 11) is 0. The summed E-state index contributed by atoms with van der Waals surface area (Å²) >= 11 is 5.72. The van der Waals surface area contributed by atoms with Gasteiger partial charge in [-0.15, -0.1) is 34.0 Å². The van der Waals surface area contributed by atoms with Crippen LogP contribution in [0.4, 0.5) is 0 Å². The minimum absolute atomic E-state index is 1.18. The van der Waals surface area contributed by atoms with Crippen LogP contribution >= 0.6 is 34.0 Å². The molecule has 30 aromatic rings. The molecule has 12 heterocycles. The molecule has 0 amide bonds. The maximum atomic E-state index is 2.49. The Hall–Kier alpha value is -15.4. The van der Waals surface area contributed by atoms with Crippen LogP contribution in [0.3, 0.4) is 0 Å². The van der Waals surface area contributed by atoms with Crippen molar-refractivity contribution in [3.8, 4) is 17.1 Å². The van der Waals surface area contributed by atoms with Crippen molar-refractivity contribution >= 4 is 274 Å². The van der Waals surface area contributed by atoms with Crippen molar-refractivity contribution in [2.45, 2.75) is 0 Å². The number of aromatic nitrogens is 6. The van der Waals surface area contributed by atoms with Crippen LogP contribution in [0.1, 0.15) is 0 Å². The maximum Gasteiger partial charge on any atom is 0.0714 e. The number of pyridine rings is 3. The van der Waals surface area contributed by atoms with E-state index in [1.54, 1.807) is 0 Å². The van der Waals surface area contributed by atoms with Crippen LogP contribution in [0, 0.1) is 0 Å². The fourth-order valence-corrected chi connectivity index (χ4v) is 25.3. The molecule has 0 aliphatic rings. The summed E-state index contributed by atoms with van der Waals surface area (Å²) in [6.07, 6.45) is 7.04. The van der Waals surface area contributed by atoms with Gasteiger partial charge >= 0.3 is 0 Å². The average molecular weight is 1620 g/mol. The molecule has 12 aromatic heterocycles. The highest BCUT2D eigenvalue weighted by molar-refractivity contribution is 7.27. The predicted molar refractivity (Wildman–Crippen MR) is 531 cm³/mol. The SMILES string of the molecule is c1ccc(-n2c3ccccc3c3c4c(ccc32)c2ccc3c5ccccc5sc3c2n2cc3ccccc3c42)cc1.c1ccc(-n2c3ccccc3c3cc4c(cc32)c2c3ccccc3cn2c2c4ccc3c4ccccc4sc32)cc1.c1ccc(-n2c3ccccc3c3ccc4c5ccc6c7ccccc7sc6c5n5cc6ccccc6c5c4c32)cc1. The van der Waals surface area contributed by atoms with E-state index in [4.69, 9.17) is 0 Å². The summed E-state index contributed by atoms with van der Waals surface area (Å²) < 4.78 is 22.8. The van der Waals surface area contributed by atoms with Crippen molar-refractivity contribution in [1.29, 1.82) is 0 Å². The van der Waals surface area contributed by atoms with Gasteiger partial charge in [0.1, 0.15) is 0 Å². The Bertz CT molecular complexity index is 9690. The summed E-state index contributed by atoms with van der Waals surface area (Å²) in [6, 6.07) is 140. The van der Waals surface area contributed by atoms with E-state index in [0.29, 0.717) is 0 Å². The first-order valence-electron chi connectivity index (χ1n) is 42.1. The molecule has 0 atom stereocenters. The first-order valence-corrected chi connectivity index (χ1v) is 44.6. The Kier molecular flexibility index (Phi) is 14.1. The molecular formula is C114H66N6S3. The highest BCUT2D eigenvalue weighted by atomic mass is 32.1. The molecule has 0 radical (unpaired) electrons. The molecular weight excluding hydrogens is 1550 g/mol. The minimum Gasteiger partial charge on any atom is -0.313 e. The van der Waals surface area contributed by atoms with E-state index < -0.39 is 0 Å². The molecule has 0 saturated heterocycles. The predicted octanol–water partition coefficient (Wildman–Crippen LogP) is 32.6. The summed E-state index contributed by atoms with van der Waals surface area (Å²) in [6.45, 7) is 0. The van der Waals surface area contributed by atoms with Crippen LogP contribution in [-0.2, 0) is 0 Å². The number of hydrogen-bond donors (Lipinski definition) is 0. The van der Waals surface area contributed by atoms with Crippen LogP contribution in [-0.4, -0.2) is 26.9 Å². The molecule has 0 bridgehead atoms. The highest BCUT2D eigenvalue weighted by Crippen LogP contribution is 2.52. The number of benzene rings is 18. The van der Waals surface area contributed by atoms with Crippen LogP contribution in [0.2, 0.25) is 0 Å². The quantitative estimate of drug-likeness (QED) is 0.158. The Morgan fingerprint density at radius 1 is 0.154 bits per heavy atom. The van der Waals surface area contributed by atoms with Gasteiger partial charge in [0.25, 0.3) is 0 Å². The zero-order chi connectivity index (χ0) is 80.0. The van der Waals surface area contributed by atoms with E-state index in [9.17, 15) is 0 Å². The van der Waals surface area contributed by atoms with Gasteiger partial charge < -0.3 is 26.9 Å². The van der Waals surface area contributed by atoms with Crippen molar-refractivity contribution in [3.05, 3.63) is 401 Å². The van der Waals surface area contributed by atoms with Gasteiger partial charge in [-0.1, -0.05) is 291 Å². The summed E-state index contributed by atoms with van der Waals surface area (Å²) in [4.78, 5) is 0. The van der Waals surface area contributed by atoms with Gasteiger partial charge in [0, 0.05) is 179 Å². The number of fused-ring (bicyclic) bond motifs is 47. The van der Waals surface area contributed by atoms with Crippen molar-refractivity contribution < 1.29 is 0 Å². The Morgan fingerprint density at radius 3 is 0.976 bits per heavy atom. The van der Waals surface area contributed by atoms with Crippen molar-refractivity contribution in [2.24, 2.45) is 0 Å². The van der Waals surface area contributed by atoms with E-state index in [2.05, 4.69) is 428 Å². The zero-order valence-corrected chi connectivity index (χ0v) is 68.5. The second-order valence-corrected chi connectivity index (χ2v) is 36.0. The lowest BCUT2D eigenvalue weighted by atomic mass is 9.98. The van der Waals surface area contributed by atoms with Gasteiger partial charge in [-0.2, -0.15) is 0 Å². The van der Waals surface area contributed by atoms with E-state index in [0.717, 1.165) is 0 Å². The molecule has 9 heteroatoms. The van der Waals surface area contributed by atoms with Gasteiger partial charge in [0.15, 0.2) is 0 Å². The second-order valence-electron chi connectivity index (χ2n) is 32.9. The van der Waals surface area contributed by atoms with Gasteiger partial charge in [-0.05, 0) is 107 Å². The number of para-hydroxylation sites is 6. The monoisotopic (exact) mass is 1610 g/mol. The smallest absolute Gasteiger partial charge is 0.0714 e. The van der Waals surface area contributed by atoms with Crippen molar-refractivity contribution in [3.63, 3.8) is 0 Å². The Labute approximate surface area is 713 Å². The minimum atomic E-state index is 1.18. The third-order valence-corrected chi connectivity index (χ3v) is 30.2. The molecule has 30 rings (SSSR count). The summed E-state index contributed by atoms with van der Waals surface area (Å²) in [5, 5.41) is 35.1. The molecule has 0 N–H and O–H groups in total. The van der Waals surface area contributed by atoms with Crippen LogP contribution < -0.4 is 0 Å². The van der Waals surface area contributed by atoms with Gasteiger partial charge in [0.05, 0.1) is 80.3 Å². The summed E-state index contributed by atoms with van der Waals surface area (Å²) in [5.74, 6) is 0. The first-order chi connectivity index (χ1) is 61.1. The molecule has 0 aliphatic heterocycles. The fraction of sp³-hybridized carbons (Fsp3) is 0. The number of rotatable bonds is 3. The molecule has 6 nitrogen and oxygen atoms in total. The van der Waals surface area contributed by atoms with Crippen LogP contribution in [0.15, 0.2) is 401 Å². The molecule has 0 unspecified atom stereocenters. The van der Waals surface area contributed by atoms with E-state index >= 15 is 0 Å². The lowest BCUT2D eigenvalue weighted by Crippen LogP contribution is -1.96. The standard InChI is InChI=1S/3C38H22N2S/c1-2-11-24(12-3-1)40-31-16-8-6-15-30(31)34-32(40)21-20-27-28-18-19-29-26-14-7-9-17-33(26)41-38(29)37(28)39-22-23-10-4-5-13-25(23)36(39)35(27)34;1-2-11-24(12-3-1)40-33-16-8-6-14-26(33)31-20-30-28-18-19-29-27-15-7-9-17-35(27)41-38(29)37(28)39-22-23-10-4-5-13-25(23)36(39)32(30)21-34(31)40;1-2-11-24(12-3-1)40-32-16-8-6-14-26(32)29-19-18-28-30-20-21-31-27-15-7-9-17-33(27)41-38(31)37(30)39-22-23-10-4-5-13-25(23)35(39)34(28)36(29)40/h3*1-22H. The Balaban J connectivity index is 0.0000000946. The molecule has 0 spiro atoms. The fourth-order valence-electron chi connectivity index (χ4n) is 21.5. The zero-order valence-electron chi connectivity index (χ0n) is 66.0. The lowest BCUT2D eigenvalue weighted by molar-refractivity contribution is 1.18. The highest BCUT2D eigenvalue weighted by Gasteiger charge is 2.27. The van der Waals surface area contributed by atoms with Crippen LogP contribution in [0.5, 0.6) is 0 Å². The third kappa shape index (κ3) is 9.39. The molecule has 0 fully saturated rings. The lowest BCUT2D eigenvalue weighted by Gasteiger charge is -2.14. The first kappa shape index (κ1) is 67.5. The molecule has 18 aromatic carbocycles. The van der Waals surface area contributed by atoms with E-state index in [1.807, 2.05) is 34.0 Å². The maximum absolute atomic E-state index is 2.49. The third-order valence-electron chi connectivity index (χ3n) is 26.6. The molecule has 570 valence electrons. The van der Waals surface area contributed by atoms with Crippen molar-refractivity contribution in [1.82, 2.24) is 26.9 Å². The van der Waals surface area contributed by atoms with Gasteiger partial charge in [-0.3, -0.25) is 0 Å². The second kappa shape index (κ2) is 25.6. The normalized spacial score (nSPS) is 12.4. The molecule has 123 heavy (non-hydrogen) atoms. The summed E-state index contributed by atoms with van der Waals surface area (Å²) in [5.41, 5.74) is 18.7. The topological polar surface area (TPSA) is 28.0 Å². The van der Waals surface area contributed by atoms with Crippen molar-refractivity contribution in [2.75, 3.05) is 0 Å². The van der Waals surface area contributed by atoms with E-state index in [-0.39, 0.29) is 0 Å². The van der Waals surface area contributed by atoms with Crippen LogP contribution in [0.25, 0.3) is 257 Å². The molecule has 0 saturated carbocycles. The number of hydrogen-bond acceptors (Lipinski definition) is 3.